The van der Waals surface area contributed by atoms with Crippen molar-refractivity contribution in [3.8, 4) is 0 Å². The number of amides is 1. The number of ether oxygens (including phenoxy) is 3. The highest BCUT2D eigenvalue weighted by molar-refractivity contribution is 5.73. The lowest BCUT2D eigenvalue weighted by Gasteiger charge is -2.35. The molecule has 2 aliphatic rings. The first-order valence-electron chi connectivity index (χ1n) is 12.4. The van der Waals surface area contributed by atoms with Crippen molar-refractivity contribution < 1.29 is 37.0 Å². The van der Waals surface area contributed by atoms with Gasteiger partial charge < -0.3 is 24.0 Å². The average Bonchev–Trinajstić information content (AvgIpc) is 3.24. The van der Waals surface area contributed by atoms with Crippen LogP contribution in [-0.2, 0) is 25.2 Å². The summed E-state index contributed by atoms with van der Waals surface area (Å²) in [4.78, 5) is 28.3. The Morgan fingerprint density at radius 1 is 1.08 bits per heavy atom. The van der Waals surface area contributed by atoms with E-state index in [-0.39, 0.29) is 23.7 Å². The Kier molecular flexibility index (Phi) is 8.80. The minimum absolute atomic E-state index is 0.0967. The summed E-state index contributed by atoms with van der Waals surface area (Å²) < 4.78 is 57.1. The Morgan fingerprint density at radius 2 is 1.75 bits per heavy atom. The molecule has 2 atom stereocenters. The fourth-order valence-corrected chi connectivity index (χ4v) is 4.97. The van der Waals surface area contributed by atoms with Crippen molar-refractivity contribution in [3.05, 3.63) is 29.3 Å². The highest BCUT2D eigenvalue weighted by Crippen LogP contribution is 2.42. The van der Waals surface area contributed by atoms with Crippen LogP contribution in [0.15, 0.2) is 18.2 Å². The second-order valence-corrected chi connectivity index (χ2v) is 10.5. The number of hydrogen-bond donors (Lipinski definition) is 0. The van der Waals surface area contributed by atoms with E-state index in [0.717, 1.165) is 11.6 Å². The Hall–Kier alpha value is -2.49. The van der Waals surface area contributed by atoms with Crippen molar-refractivity contribution in [1.82, 2.24) is 4.90 Å². The van der Waals surface area contributed by atoms with Crippen molar-refractivity contribution in [2.45, 2.75) is 58.2 Å². The molecule has 0 saturated carbocycles. The molecule has 36 heavy (non-hydrogen) atoms. The lowest BCUT2D eigenvalue weighted by Crippen LogP contribution is -2.38. The van der Waals surface area contributed by atoms with Crippen LogP contribution in [0.4, 0.5) is 23.7 Å². The number of carbonyl (C=O) groups is 2. The maximum absolute atomic E-state index is 13.7. The minimum atomic E-state index is -4.49. The second-order valence-electron chi connectivity index (χ2n) is 10.5. The second kappa shape index (κ2) is 11.3. The molecule has 2 saturated heterocycles. The molecule has 7 nitrogen and oxygen atoms in total. The number of carbonyl (C=O) groups excluding carboxylic acids is 2. The molecule has 1 amide bonds. The predicted molar refractivity (Wildman–Crippen MR) is 129 cm³/mol. The van der Waals surface area contributed by atoms with Gasteiger partial charge in [0.15, 0.2) is 0 Å². The number of anilines is 1. The molecule has 0 unspecified atom stereocenters. The van der Waals surface area contributed by atoms with Crippen molar-refractivity contribution >= 4 is 17.7 Å². The Bertz CT molecular complexity index is 923. The van der Waals surface area contributed by atoms with E-state index in [4.69, 9.17) is 14.2 Å². The summed E-state index contributed by atoms with van der Waals surface area (Å²) in [6, 6.07) is 3.84. The van der Waals surface area contributed by atoms with E-state index in [9.17, 15) is 22.8 Å². The summed E-state index contributed by atoms with van der Waals surface area (Å²) in [6.07, 6.45) is -3.93. The first kappa shape index (κ1) is 28.1. The van der Waals surface area contributed by atoms with Crippen molar-refractivity contribution in [2.24, 2.45) is 11.8 Å². The van der Waals surface area contributed by atoms with Gasteiger partial charge in [0.2, 0.25) is 0 Å². The minimum Gasteiger partial charge on any atom is -0.469 e. The Morgan fingerprint density at radius 3 is 2.31 bits per heavy atom. The van der Waals surface area contributed by atoms with Crippen LogP contribution in [0.25, 0.3) is 0 Å². The molecule has 0 aliphatic carbocycles. The van der Waals surface area contributed by atoms with Crippen LogP contribution in [0.3, 0.4) is 0 Å². The standard InChI is InChI=1S/C26H37F3N2O5/c1-6-35-16-18-14-31(24(33)36-25(2,3)4)15-21(18)20-8-7-19(26(27,28)29)13-22(20)30-11-9-17(10-12-30)23(32)34-5/h7-8,13,17-18,21H,6,9-12,14-16H2,1-5H3/t18-,21+/m1/s1. The molecular weight excluding hydrogens is 477 g/mol. The van der Waals surface area contributed by atoms with Gasteiger partial charge in [-0.1, -0.05) is 6.07 Å². The number of hydrogen-bond acceptors (Lipinski definition) is 6. The predicted octanol–water partition coefficient (Wildman–Crippen LogP) is 5.08. The molecule has 0 N–H and O–H groups in total. The highest BCUT2D eigenvalue weighted by Gasteiger charge is 2.41. The van der Waals surface area contributed by atoms with Crippen LogP contribution >= 0.6 is 0 Å². The molecule has 1 aromatic rings. The van der Waals surface area contributed by atoms with Crippen LogP contribution < -0.4 is 4.90 Å². The number of piperidine rings is 1. The molecule has 202 valence electrons. The van der Waals surface area contributed by atoms with Crippen LogP contribution in [0, 0.1) is 11.8 Å². The zero-order valence-electron chi connectivity index (χ0n) is 21.7. The van der Waals surface area contributed by atoms with E-state index in [1.54, 1.807) is 25.7 Å². The molecule has 0 bridgehead atoms. The number of esters is 1. The number of halogens is 3. The van der Waals surface area contributed by atoms with E-state index >= 15 is 0 Å². The maximum Gasteiger partial charge on any atom is 0.416 e. The van der Waals surface area contributed by atoms with Gasteiger partial charge in [0.05, 0.1) is 25.2 Å². The van der Waals surface area contributed by atoms with Gasteiger partial charge in [-0.3, -0.25) is 4.79 Å². The van der Waals surface area contributed by atoms with Gasteiger partial charge in [-0.25, -0.2) is 4.79 Å². The zero-order valence-corrected chi connectivity index (χ0v) is 21.7. The van der Waals surface area contributed by atoms with Gasteiger partial charge >= 0.3 is 18.2 Å². The Labute approximate surface area is 210 Å². The summed E-state index contributed by atoms with van der Waals surface area (Å²) in [5.74, 6) is -0.875. The van der Waals surface area contributed by atoms with Gasteiger partial charge in [0.25, 0.3) is 0 Å². The lowest BCUT2D eigenvalue weighted by atomic mass is 9.86. The zero-order chi connectivity index (χ0) is 26.7. The van der Waals surface area contributed by atoms with Crippen LogP contribution in [0.2, 0.25) is 0 Å². The van der Waals surface area contributed by atoms with Crippen LogP contribution in [-0.4, -0.2) is 69.1 Å². The molecule has 2 heterocycles. The Balaban J connectivity index is 1.94. The molecule has 3 rings (SSSR count). The molecule has 2 fully saturated rings. The molecule has 0 aromatic heterocycles. The van der Waals surface area contributed by atoms with Gasteiger partial charge in [0, 0.05) is 50.3 Å². The quantitative estimate of drug-likeness (QED) is 0.493. The van der Waals surface area contributed by atoms with E-state index in [2.05, 4.69) is 0 Å². The first-order valence-corrected chi connectivity index (χ1v) is 12.4. The third-order valence-electron chi connectivity index (χ3n) is 6.76. The van der Waals surface area contributed by atoms with Crippen LogP contribution in [0.5, 0.6) is 0 Å². The van der Waals surface area contributed by atoms with Crippen molar-refractivity contribution in [2.75, 3.05) is 51.4 Å². The van der Waals surface area contributed by atoms with Crippen molar-refractivity contribution in [3.63, 3.8) is 0 Å². The summed E-state index contributed by atoms with van der Waals surface area (Å²) in [7, 11) is 1.34. The largest absolute Gasteiger partial charge is 0.469 e. The number of likely N-dealkylation sites (tertiary alicyclic amines) is 1. The number of alkyl halides is 3. The average molecular weight is 515 g/mol. The topological polar surface area (TPSA) is 68.3 Å². The monoisotopic (exact) mass is 514 g/mol. The summed E-state index contributed by atoms with van der Waals surface area (Å²) in [6.45, 7) is 9.73. The SMILES string of the molecule is CCOC[C@H]1CN(C(=O)OC(C)(C)C)C[C@@H]1c1ccc(C(F)(F)F)cc1N1CCC(C(=O)OC)CC1. The number of rotatable bonds is 6. The van der Waals surface area contributed by atoms with Gasteiger partial charge in [-0.2, -0.15) is 13.2 Å². The van der Waals surface area contributed by atoms with E-state index < -0.39 is 23.4 Å². The molecule has 0 radical (unpaired) electrons. The van der Waals surface area contributed by atoms with Crippen molar-refractivity contribution in [1.29, 1.82) is 0 Å². The van der Waals surface area contributed by atoms with Gasteiger partial charge in [-0.15, -0.1) is 0 Å². The van der Waals surface area contributed by atoms with Crippen LogP contribution in [0.1, 0.15) is 57.6 Å². The van der Waals surface area contributed by atoms with Gasteiger partial charge in [0.1, 0.15) is 5.60 Å². The highest BCUT2D eigenvalue weighted by atomic mass is 19.4. The fraction of sp³-hybridized carbons (Fsp3) is 0.692. The van der Waals surface area contributed by atoms with E-state index in [0.29, 0.717) is 57.9 Å². The normalized spacial score (nSPS) is 21.6. The smallest absolute Gasteiger partial charge is 0.416 e. The summed E-state index contributed by atoms with van der Waals surface area (Å²) in [5.41, 5.74) is -0.144. The maximum atomic E-state index is 13.7. The fourth-order valence-electron chi connectivity index (χ4n) is 4.97. The number of benzene rings is 1. The van der Waals surface area contributed by atoms with E-state index in [1.165, 1.54) is 19.2 Å². The first-order chi connectivity index (χ1) is 16.8. The summed E-state index contributed by atoms with van der Waals surface area (Å²) in [5, 5.41) is 0. The molecular formula is C26H37F3N2O5. The molecule has 0 spiro atoms. The van der Waals surface area contributed by atoms with E-state index in [1.807, 2.05) is 11.8 Å². The number of methoxy groups -OCH3 is 1. The lowest BCUT2D eigenvalue weighted by molar-refractivity contribution is -0.146. The van der Waals surface area contributed by atoms with Gasteiger partial charge in [-0.05, 0) is 58.2 Å². The summed E-state index contributed by atoms with van der Waals surface area (Å²) >= 11 is 0. The molecule has 10 heteroatoms. The third-order valence-corrected chi connectivity index (χ3v) is 6.76. The molecule has 2 aliphatic heterocycles. The number of nitrogens with zero attached hydrogens (tertiary/aromatic N) is 2. The molecule has 1 aromatic carbocycles. The third kappa shape index (κ3) is 6.83.